The molecule has 0 saturated carbocycles. The quantitative estimate of drug-likeness (QED) is 0.125. The molecule has 3 heterocycles. The molecule has 0 saturated heterocycles. The van der Waals surface area contributed by atoms with Crippen molar-refractivity contribution in [1.82, 2.24) is 4.57 Å². The highest BCUT2D eigenvalue weighted by molar-refractivity contribution is 7.20. The van der Waals surface area contributed by atoms with E-state index in [0.29, 0.717) is 0 Å². The second-order valence-corrected chi connectivity index (χ2v) is 19.3. The van der Waals surface area contributed by atoms with Gasteiger partial charge in [-0.3, -0.25) is 0 Å². The Morgan fingerprint density at radius 1 is 0.390 bits per heavy atom. The molecule has 0 atom stereocenters. The number of para-hydroxylation sites is 4. The SMILES string of the molecule is c1ccc([Si](c2ccccc2)(c2ccccc2)c2cc3c4c(c2)-c2ccccc2OB4c2cc(-c4ccccc4-n4c5ccccc5c5ccccc54)ccc2O3)cc1. The fourth-order valence-electron chi connectivity index (χ4n) is 9.91. The highest BCUT2D eigenvalue weighted by atomic mass is 28.3. The molecule has 0 radical (unpaired) electrons. The summed E-state index contributed by atoms with van der Waals surface area (Å²) in [5, 5.41) is 7.73. The zero-order chi connectivity index (χ0) is 38.9. The minimum atomic E-state index is -2.87. The predicted octanol–water partition coefficient (Wildman–Crippen LogP) is 9.10. The summed E-state index contributed by atoms with van der Waals surface area (Å²) >= 11 is 0. The molecule has 0 aliphatic carbocycles. The lowest BCUT2D eigenvalue weighted by atomic mass is 9.50. The second kappa shape index (κ2) is 13.4. The van der Waals surface area contributed by atoms with Gasteiger partial charge in [-0.25, -0.2) is 0 Å². The molecule has 3 nitrogen and oxygen atoms in total. The van der Waals surface area contributed by atoms with Gasteiger partial charge in [0.25, 0.3) is 0 Å². The second-order valence-electron chi connectivity index (χ2n) is 15.5. The van der Waals surface area contributed by atoms with E-state index in [2.05, 4.69) is 223 Å². The molecule has 0 fully saturated rings. The molecule has 0 bridgehead atoms. The summed E-state index contributed by atoms with van der Waals surface area (Å²) in [6, 6.07) is 79.3. The van der Waals surface area contributed by atoms with E-state index in [1.54, 1.807) is 0 Å². The summed E-state index contributed by atoms with van der Waals surface area (Å²) in [5.74, 6) is 2.54. The minimum Gasteiger partial charge on any atom is -0.551 e. The van der Waals surface area contributed by atoms with Crippen molar-refractivity contribution >= 4 is 68.5 Å². The molecule has 0 unspecified atom stereocenters. The van der Waals surface area contributed by atoms with Crippen LogP contribution in [0.2, 0.25) is 0 Å². The van der Waals surface area contributed by atoms with Gasteiger partial charge in [0.05, 0.1) is 16.7 Å². The highest BCUT2D eigenvalue weighted by Crippen LogP contribution is 2.41. The van der Waals surface area contributed by atoms with Crippen molar-refractivity contribution in [2.24, 2.45) is 0 Å². The third-order valence-corrected chi connectivity index (χ3v) is 17.2. The molecule has 10 aromatic rings. The average Bonchev–Trinajstić information content (AvgIpc) is 3.64. The number of ether oxygens (including phenoxy) is 1. The molecule has 5 heteroatoms. The van der Waals surface area contributed by atoms with Crippen LogP contribution in [0.25, 0.3) is 49.7 Å². The van der Waals surface area contributed by atoms with Gasteiger partial charge in [-0.1, -0.05) is 182 Å². The maximum Gasteiger partial charge on any atom is 0.434 e. The first-order valence-corrected chi connectivity index (χ1v) is 22.3. The third kappa shape index (κ3) is 5.08. The van der Waals surface area contributed by atoms with E-state index in [1.807, 2.05) is 0 Å². The molecular formula is C54H36BNO2Si. The number of benzene rings is 9. The fraction of sp³-hybridized carbons (Fsp3) is 0. The number of hydrogen-bond donors (Lipinski definition) is 0. The van der Waals surface area contributed by atoms with E-state index in [9.17, 15) is 0 Å². The number of nitrogens with zero attached hydrogens (tertiary/aromatic N) is 1. The minimum absolute atomic E-state index is 0.353. The molecule has 0 spiro atoms. The summed E-state index contributed by atoms with van der Waals surface area (Å²) in [7, 11) is -2.87. The summed E-state index contributed by atoms with van der Waals surface area (Å²) in [5.41, 5.74) is 10.1. The lowest BCUT2D eigenvalue weighted by Crippen LogP contribution is -2.75. The van der Waals surface area contributed by atoms with E-state index in [0.717, 1.165) is 56.1 Å². The molecule has 0 N–H and O–H groups in total. The Hall–Kier alpha value is -7.34. The Labute approximate surface area is 344 Å². The van der Waals surface area contributed by atoms with Gasteiger partial charge < -0.3 is 14.0 Å². The smallest absolute Gasteiger partial charge is 0.434 e. The van der Waals surface area contributed by atoms with E-state index in [-0.39, 0.29) is 6.92 Å². The standard InChI is InChI=1S/C54H36BNO2Si/c1-4-18-38(19-5-1)59(39-20-6-2-7-21-39,40-22-8-3-9-23-40)41-35-46-45-27-13-17-31-51(45)58-55-47-34-37(32-33-52(47)57-53(36-41)54(46)55)42-24-10-14-28-48(42)56-49-29-15-11-25-43(49)44-26-12-16-30-50(44)56/h1-36H. The van der Waals surface area contributed by atoms with Gasteiger partial charge in [-0.05, 0) is 68.3 Å². The van der Waals surface area contributed by atoms with Crippen molar-refractivity contribution in [3.8, 4) is 45.2 Å². The summed E-state index contributed by atoms with van der Waals surface area (Å²) in [6.07, 6.45) is 0. The maximum absolute atomic E-state index is 7.13. The van der Waals surface area contributed by atoms with Crippen LogP contribution in [-0.2, 0) is 0 Å². The largest absolute Gasteiger partial charge is 0.551 e. The maximum atomic E-state index is 7.13. The lowest BCUT2D eigenvalue weighted by Gasteiger charge is -2.38. The number of aromatic nitrogens is 1. The van der Waals surface area contributed by atoms with Crippen LogP contribution in [0.15, 0.2) is 218 Å². The van der Waals surface area contributed by atoms with E-state index < -0.39 is 8.07 Å². The van der Waals surface area contributed by atoms with Crippen LogP contribution in [-0.4, -0.2) is 19.6 Å². The van der Waals surface area contributed by atoms with Gasteiger partial charge in [0.15, 0.2) is 8.07 Å². The zero-order valence-electron chi connectivity index (χ0n) is 32.1. The van der Waals surface area contributed by atoms with E-state index in [4.69, 9.17) is 9.39 Å². The van der Waals surface area contributed by atoms with Crippen molar-refractivity contribution < 1.29 is 9.39 Å². The normalized spacial score (nSPS) is 12.6. The predicted molar refractivity (Wildman–Crippen MR) is 247 cm³/mol. The lowest BCUT2D eigenvalue weighted by molar-refractivity contribution is 0.480. The van der Waals surface area contributed by atoms with Crippen molar-refractivity contribution in [1.29, 1.82) is 0 Å². The van der Waals surface area contributed by atoms with Crippen LogP contribution in [0.4, 0.5) is 0 Å². The Kier molecular flexibility index (Phi) is 7.65. The van der Waals surface area contributed by atoms with Crippen LogP contribution in [0.5, 0.6) is 17.2 Å². The van der Waals surface area contributed by atoms with Crippen molar-refractivity contribution in [2.75, 3.05) is 0 Å². The Bertz CT molecular complexity index is 3090. The first-order chi connectivity index (χ1) is 29.3. The van der Waals surface area contributed by atoms with Crippen molar-refractivity contribution in [2.45, 2.75) is 0 Å². The van der Waals surface area contributed by atoms with Crippen LogP contribution in [0.1, 0.15) is 0 Å². The van der Waals surface area contributed by atoms with Crippen molar-refractivity contribution in [3.63, 3.8) is 0 Å². The molecular weight excluding hydrogens is 733 g/mol. The number of hydrogen-bond acceptors (Lipinski definition) is 2. The number of rotatable bonds is 6. The molecule has 1 aromatic heterocycles. The molecule has 0 amide bonds. The van der Waals surface area contributed by atoms with Crippen molar-refractivity contribution in [3.05, 3.63) is 218 Å². The highest BCUT2D eigenvalue weighted by Gasteiger charge is 2.46. The monoisotopic (exact) mass is 769 g/mol. The first-order valence-electron chi connectivity index (χ1n) is 20.3. The van der Waals surface area contributed by atoms with Crippen LogP contribution < -0.4 is 41.1 Å². The van der Waals surface area contributed by atoms with Crippen LogP contribution in [0, 0.1) is 0 Å². The topological polar surface area (TPSA) is 23.4 Å². The summed E-state index contributed by atoms with van der Waals surface area (Å²) < 4.78 is 16.6. The molecule has 2 aliphatic heterocycles. The van der Waals surface area contributed by atoms with Gasteiger partial charge >= 0.3 is 6.92 Å². The number of fused-ring (bicyclic) bond motifs is 7. The zero-order valence-corrected chi connectivity index (χ0v) is 33.1. The molecule has 9 aromatic carbocycles. The van der Waals surface area contributed by atoms with Gasteiger partial charge in [0.1, 0.15) is 17.2 Å². The van der Waals surface area contributed by atoms with Crippen LogP contribution >= 0.6 is 0 Å². The van der Waals surface area contributed by atoms with E-state index in [1.165, 1.54) is 42.6 Å². The molecule has 12 rings (SSSR count). The Morgan fingerprint density at radius 2 is 0.932 bits per heavy atom. The first kappa shape index (κ1) is 33.8. The van der Waals surface area contributed by atoms with Gasteiger partial charge in [-0.2, -0.15) is 0 Å². The summed E-state index contributed by atoms with van der Waals surface area (Å²) in [6.45, 7) is -0.353. The fourth-order valence-corrected chi connectivity index (χ4v) is 14.7. The Balaban J connectivity index is 1.07. The third-order valence-electron chi connectivity index (χ3n) is 12.4. The molecule has 276 valence electrons. The van der Waals surface area contributed by atoms with Gasteiger partial charge in [0, 0.05) is 32.8 Å². The van der Waals surface area contributed by atoms with Gasteiger partial charge in [0.2, 0.25) is 0 Å². The van der Waals surface area contributed by atoms with E-state index >= 15 is 0 Å². The average molecular weight is 770 g/mol. The van der Waals surface area contributed by atoms with Crippen LogP contribution in [0.3, 0.4) is 0 Å². The Morgan fingerprint density at radius 3 is 1.58 bits per heavy atom. The molecule has 59 heavy (non-hydrogen) atoms. The summed E-state index contributed by atoms with van der Waals surface area (Å²) in [4.78, 5) is 0. The molecule has 2 aliphatic rings. The van der Waals surface area contributed by atoms with Gasteiger partial charge in [-0.15, -0.1) is 0 Å².